The van der Waals surface area contributed by atoms with E-state index in [4.69, 9.17) is 28.4 Å². The minimum Gasteiger partial charge on any atom is -0.494 e. The summed E-state index contributed by atoms with van der Waals surface area (Å²) in [5, 5.41) is 11.4. The van der Waals surface area contributed by atoms with E-state index in [9.17, 15) is 32.4 Å². The monoisotopic (exact) mass is 1000 g/mol. The Bertz CT molecular complexity index is 2620. The van der Waals surface area contributed by atoms with Crippen LogP contribution >= 0.6 is 0 Å². The summed E-state index contributed by atoms with van der Waals surface area (Å²) in [4.78, 5) is 68.2. The van der Waals surface area contributed by atoms with Gasteiger partial charge in [0.25, 0.3) is 5.91 Å². The number of fused-ring (bicyclic) bond motifs is 1. The Balaban J connectivity index is 0.939. The number of sulfonamides is 1. The molecular formula is C50H65N7O13S. The summed E-state index contributed by atoms with van der Waals surface area (Å²) in [5.41, 5.74) is 2.34. The summed E-state index contributed by atoms with van der Waals surface area (Å²) in [7, 11) is -1.57. The van der Waals surface area contributed by atoms with Gasteiger partial charge in [-0.2, -0.15) is 4.72 Å². The van der Waals surface area contributed by atoms with Crippen molar-refractivity contribution < 1.29 is 56.0 Å². The topological polar surface area (TPSA) is 252 Å². The average molecular weight is 1000 g/mol. The summed E-state index contributed by atoms with van der Waals surface area (Å²) in [6, 6.07) is 16.2. The van der Waals surface area contributed by atoms with Crippen molar-refractivity contribution in [2.45, 2.75) is 70.0 Å². The van der Waals surface area contributed by atoms with Crippen LogP contribution in [-0.2, 0) is 63.5 Å². The van der Waals surface area contributed by atoms with Crippen LogP contribution in [0.3, 0.4) is 0 Å². The molecule has 5 rings (SSSR count). The molecule has 0 bridgehead atoms. The van der Waals surface area contributed by atoms with E-state index in [1.165, 1.54) is 6.20 Å². The molecule has 5 N–H and O–H groups in total. The molecule has 384 valence electrons. The number of benzene rings is 3. The minimum absolute atomic E-state index is 0.0884. The number of methoxy groups -OCH3 is 1. The zero-order chi connectivity index (χ0) is 51.0. The molecule has 0 radical (unpaired) electrons. The van der Waals surface area contributed by atoms with Crippen LogP contribution in [0, 0.1) is 13.8 Å². The molecule has 3 amide bonds. The number of pyridine rings is 1. The van der Waals surface area contributed by atoms with Crippen molar-refractivity contribution in [3.05, 3.63) is 117 Å². The molecule has 71 heavy (non-hydrogen) atoms. The van der Waals surface area contributed by atoms with Crippen LogP contribution in [-0.4, -0.2) is 122 Å². The molecule has 1 aliphatic heterocycles. The molecule has 1 unspecified atom stereocenters. The smallest absolute Gasteiger partial charge is 0.407 e. The van der Waals surface area contributed by atoms with Gasteiger partial charge < -0.3 is 54.3 Å². The van der Waals surface area contributed by atoms with Crippen molar-refractivity contribution in [2.24, 2.45) is 12.0 Å². The number of esters is 1. The number of amides is 3. The molecule has 0 aliphatic carbocycles. The Morgan fingerprint density at radius 1 is 0.817 bits per heavy atom. The van der Waals surface area contributed by atoms with Crippen molar-refractivity contribution in [3.8, 4) is 5.75 Å². The highest BCUT2D eigenvalue weighted by Gasteiger charge is 2.30. The van der Waals surface area contributed by atoms with Crippen molar-refractivity contribution in [1.29, 1.82) is 0 Å². The summed E-state index contributed by atoms with van der Waals surface area (Å²) in [6.45, 7) is 6.95. The highest BCUT2D eigenvalue weighted by atomic mass is 32.2. The Hall–Kier alpha value is -6.65. The van der Waals surface area contributed by atoms with Gasteiger partial charge in [-0.3, -0.25) is 24.2 Å². The van der Waals surface area contributed by atoms with Crippen molar-refractivity contribution in [2.75, 3.05) is 73.0 Å². The van der Waals surface area contributed by atoms with E-state index in [1.807, 2.05) is 48.7 Å². The lowest BCUT2D eigenvalue weighted by Crippen LogP contribution is -2.49. The number of amidine groups is 1. The van der Waals surface area contributed by atoms with Gasteiger partial charge in [0.2, 0.25) is 21.4 Å². The number of aryl methyl sites for hydroxylation is 3. The third-order valence-electron chi connectivity index (χ3n) is 10.9. The fraction of sp³-hybridized carbons (Fsp3) is 0.440. The highest BCUT2D eigenvalue weighted by Crippen LogP contribution is 2.26. The first-order chi connectivity index (χ1) is 34.2. The maximum Gasteiger partial charge on any atom is 0.407 e. The summed E-state index contributed by atoms with van der Waals surface area (Å²) < 4.78 is 63.9. The molecule has 0 fully saturated rings. The molecule has 20 nitrogen and oxygen atoms in total. The second-order valence-electron chi connectivity index (χ2n) is 16.5. The molecule has 0 saturated carbocycles. The number of carbonyl (C=O) groups is 4. The highest BCUT2D eigenvalue weighted by molar-refractivity contribution is 7.89. The van der Waals surface area contributed by atoms with E-state index in [0.29, 0.717) is 106 Å². The lowest BCUT2D eigenvalue weighted by Gasteiger charge is -2.20. The van der Waals surface area contributed by atoms with Crippen LogP contribution in [0.15, 0.2) is 93.8 Å². The second-order valence-corrected chi connectivity index (χ2v) is 18.1. The number of rotatable bonds is 30. The number of aromatic nitrogens is 1. The van der Waals surface area contributed by atoms with Crippen molar-refractivity contribution in [3.63, 3.8) is 0 Å². The van der Waals surface area contributed by atoms with Gasteiger partial charge in [-0.05, 0) is 85.8 Å². The predicted molar refractivity (Wildman–Crippen MR) is 266 cm³/mol. The maximum absolute atomic E-state index is 13.7. The summed E-state index contributed by atoms with van der Waals surface area (Å²) in [5.74, 6) is -0.654. The van der Waals surface area contributed by atoms with E-state index >= 15 is 0 Å². The van der Waals surface area contributed by atoms with Gasteiger partial charge in [-0.1, -0.05) is 42.5 Å². The van der Waals surface area contributed by atoms with Gasteiger partial charge in [-0.15, -0.1) is 0 Å². The van der Waals surface area contributed by atoms with E-state index in [2.05, 4.69) is 31.0 Å². The predicted octanol–water partition coefficient (Wildman–Crippen LogP) is 3.84. The van der Waals surface area contributed by atoms with E-state index < -0.39 is 46.0 Å². The van der Waals surface area contributed by atoms with Crippen LogP contribution in [0.5, 0.6) is 5.75 Å². The molecule has 0 saturated heterocycles. The van der Waals surface area contributed by atoms with Gasteiger partial charge in [0, 0.05) is 64.3 Å². The van der Waals surface area contributed by atoms with Gasteiger partial charge in [-0.25, -0.2) is 13.2 Å². The molecule has 0 spiro atoms. The lowest BCUT2D eigenvalue weighted by molar-refractivity contribution is -0.142. The quantitative estimate of drug-likeness (QED) is 0.0368. The molecule has 4 aromatic rings. The Labute approximate surface area is 413 Å². The first kappa shape index (κ1) is 55.3. The largest absolute Gasteiger partial charge is 0.494 e. The van der Waals surface area contributed by atoms with Crippen molar-refractivity contribution in [1.82, 2.24) is 30.6 Å². The van der Waals surface area contributed by atoms with Crippen LogP contribution in [0.4, 0.5) is 4.79 Å². The number of hydrogen-bond donors (Lipinski definition) is 5. The van der Waals surface area contributed by atoms with Crippen LogP contribution in [0.25, 0.3) is 10.9 Å². The number of nitrogens with zero attached hydrogens (tertiary/aromatic N) is 2. The van der Waals surface area contributed by atoms with Gasteiger partial charge >= 0.3 is 12.1 Å². The van der Waals surface area contributed by atoms with Gasteiger partial charge in [0.15, 0.2) is 0 Å². The number of carbonyl (C=O) groups excluding carboxylic acids is 4. The maximum atomic E-state index is 13.7. The second kappa shape index (κ2) is 28.9. The summed E-state index contributed by atoms with van der Waals surface area (Å²) in [6.07, 6.45) is 7.34. The van der Waals surface area contributed by atoms with E-state index in [0.717, 1.165) is 30.5 Å². The molecule has 2 heterocycles. The molecular weight excluding hydrogens is 939 g/mol. The zero-order valence-electron chi connectivity index (χ0n) is 40.7. The van der Waals surface area contributed by atoms with Gasteiger partial charge in [0.1, 0.15) is 29.8 Å². The number of aliphatic imine (C=N–C) groups is 1. The molecule has 1 aliphatic rings. The van der Waals surface area contributed by atoms with Crippen LogP contribution < -0.4 is 36.2 Å². The average Bonchev–Trinajstić information content (AvgIpc) is 3.88. The first-order valence-corrected chi connectivity index (χ1v) is 24.9. The Morgan fingerprint density at radius 3 is 2.15 bits per heavy atom. The SMILES string of the molecule is COC(=O)C(CNC(=O)c1cn(C)c2cc(CN=C3CC=CN3)ccc2c1=O)NS(=O)(=O)c1c(C)cc(OCCCC(=O)NCCCOCCOCCOCCCNC(=O)OCc2ccccc2)cc1C. The summed E-state index contributed by atoms with van der Waals surface area (Å²) >= 11 is 0. The first-order valence-electron chi connectivity index (χ1n) is 23.4. The molecule has 3 aromatic carbocycles. The number of alkyl carbamates (subject to hydrolysis) is 1. The van der Waals surface area contributed by atoms with E-state index in [-0.39, 0.29) is 36.0 Å². The third-order valence-corrected chi connectivity index (χ3v) is 12.7. The third kappa shape index (κ3) is 18.2. The van der Waals surface area contributed by atoms with Gasteiger partial charge in [0.05, 0.1) is 57.1 Å². The number of hydrogen-bond acceptors (Lipinski definition) is 14. The van der Waals surface area contributed by atoms with Crippen LogP contribution in [0.1, 0.15) is 64.7 Å². The van der Waals surface area contributed by atoms with E-state index in [1.54, 1.807) is 49.7 Å². The number of nitrogens with one attached hydrogen (secondary N) is 5. The fourth-order valence-corrected chi connectivity index (χ4v) is 8.97. The Kier molecular flexibility index (Phi) is 22.5. The number of ether oxygens (including phenoxy) is 6. The normalized spacial score (nSPS) is 13.2. The lowest BCUT2D eigenvalue weighted by atomic mass is 10.1. The zero-order valence-corrected chi connectivity index (χ0v) is 41.5. The standard InChI is InChI=1S/C50H65N7O13S/c1-35-28-39(69-23-9-15-45(58)52-19-10-21-66-24-26-68-27-25-67-22-11-20-53-50(62)70-34-37-12-6-5-7-13-37)29-36(2)47(35)71(63,64)56-42(49(61)65-4)32-55-48(60)41-33-57(3)43-30-38(16-17-40(43)46(41)59)31-54-44-14-8-18-51-44/h5-8,12-13,16-18,28-30,33,42,56H,9-11,14-15,19-27,31-32,34H2,1-4H3,(H,51,54)(H,52,58)(H,53,62)(H,55,60). The Morgan fingerprint density at radius 2 is 1.49 bits per heavy atom. The fourth-order valence-electron chi connectivity index (χ4n) is 7.33. The minimum atomic E-state index is -4.36. The molecule has 21 heteroatoms. The molecule has 1 aromatic heterocycles. The van der Waals surface area contributed by atoms with Crippen LogP contribution in [0.2, 0.25) is 0 Å². The van der Waals surface area contributed by atoms with Crippen molar-refractivity contribution >= 4 is 50.6 Å². The molecule has 1 atom stereocenters.